The Bertz CT molecular complexity index is 1390. The molecule has 9 heteroatoms. The maximum atomic E-state index is 15.1. The number of likely N-dealkylation sites (tertiary alicyclic amines) is 1. The number of halogens is 1. The number of hydrogen-bond donors (Lipinski definition) is 2. The first-order valence-electron chi connectivity index (χ1n) is 13.4. The largest absolute Gasteiger partial charge is 0.384 e. The van der Waals surface area contributed by atoms with Crippen LogP contribution in [0.5, 0.6) is 0 Å². The van der Waals surface area contributed by atoms with Gasteiger partial charge in [-0.1, -0.05) is 0 Å². The number of nitrogens with one attached hydrogen (secondary N) is 1. The van der Waals surface area contributed by atoms with Gasteiger partial charge < -0.3 is 25.0 Å². The highest BCUT2D eigenvalue weighted by Gasteiger charge is 2.37. The molecule has 38 heavy (non-hydrogen) atoms. The number of aliphatic hydroxyl groups is 1. The zero-order valence-electron chi connectivity index (χ0n) is 21.8. The molecule has 8 nitrogen and oxygen atoms in total. The van der Waals surface area contributed by atoms with Gasteiger partial charge in [0.15, 0.2) is 0 Å². The number of nitriles is 1. The smallest absolute Gasteiger partial charge is 0.148 e. The summed E-state index contributed by atoms with van der Waals surface area (Å²) in [5.74, 6) is 0.0534. The molecule has 2 aromatic heterocycles. The van der Waals surface area contributed by atoms with E-state index >= 15 is 4.39 Å². The first-order valence-corrected chi connectivity index (χ1v) is 13.4. The van der Waals surface area contributed by atoms with E-state index in [-0.39, 0.29) is 23.8 Å². The van der Waals surface area contributed by atoms with E-state index in [2.05, 4.69) is 33.2 Å². The molecule has 6 rings (SSSR count). The second-order valence-corrected chi connectivity index (χ2v) is 11.1. The molecule has 198 valence electrons. The average Bonchev–Trinajstić information content (AvgIpc) is 3.26. The van der Waals surface area contributed by atoms with Gasteiger partial charge >= 0.3 is 0 Å². The van der Waals surface area contributed by atoms with Gasteiger partial charge in [0, 0.05) is 30.7 Å². The van der Waals surface area contributed by atoms with E-state index in [1.54, 1.807) is 18.3 Å². The minimum Gasteiger partial charge on any atom is -0.384 e. The molecular formula is C29H33FN6O2. The SMILES string of the molecule is CN1CCC([C@@](C)(O)c2ccc3cnc(Nc4cc(N5CC6CCC(C5)O6)c(C#N)cc4F)cc3n2)CC1. The predicted molar refractivity (Wildman–Crippen MR) is 144 cm³/mol. The molecule has 3 atom stereocenters. The van der Waals surface area contributed by atoms with Gasteiger partial charge in [0.2, 0.25) is 0 Å². The Morgan fingerprint density at radius 3 is 2.58 bits per heavy atom. The van der Waals surface area contributed by atoms with Crippen LogP contribution in [0.4, 0.5) is 21.6 Å². The molecule has 3 aliphatic rings. The van der Waals surface area contributed by atoms with Crippen LogP contribution in [0.1, 0.15) is 43.9 Å². The molecule has 3 aliphatic heterocycles. The number of pyridine rings is 2. The summed E-state index contributed by atoms with van der Waals surface area (Å²) in [5, 5.41) is 25.1. The lowest BCUT2D eigenvalue weighted by molar-refractivity contribution is -0.0334. The van der Waals surface area contributed by atoms with E-state index in [1.807, 2.05) is 19.1 Å². The van der Waals surface area contributed by atoms with E-state index in [4.69, 9.17) is 9.72 Å². The second-order valence-electron chi connectivity index (χ2n) is 11.1. The molecule has 5 heterocycles. The third-order valence-electron chi connectivity index (χ3n) is 8.46. The standard InChI is InChI=1S/C29H33FN6O2/c1-29(37,20-7-9-35(2)10-8-20)27-6-3-18-15-32-28(13-24(18)33-27)34-25-12-26(19(14-31)11-23(25)30)36-16-21-4-5-22(17-36)38-21/h3,6,11-13,15,20-22,37H,4-5,7-10,16-17H2,1-2H3,(H,32,34)/t21?,22?,29-/m1/s1. The Morgan fingerprint density at radius 1 is 1.13 bits per heavy atom. The molecule has 0 saturated carbocycles. The van der Waals surface area contributed by atoms with Crippen molar-refractivity contribution in [1.82, 2.24) is 14.9 Å². The molecule has 0 amide bonds. The predicted octanol–water partition coefficient (Wildman–Crippen LogP) is 4.30. The summed E-state index contributed by atoms with van der Waals surface area (Å²) in [6.45, 7) is 5.14. The maximum Gasteiger partial charge on any atom is 0.148 e. The van der Waals surface area contributed by atoms with Gasteiger partial charge in [0.25, 0.3) is 0 Å². The highest BCUT2D eigenvalue weighted by atomic mass is 19.1. The highest BCUT2D eigenvalue weighted by molar-refractivity contribution is 5.81. The van der Waals surface area contributed by atoms with Crippen LogP contribution >= 0.6 is 0 Å². The summed E-state index contributed by atoms with van der Waals surface area (Å²) in [6.07, 6.45) is 5.84. The van der Waals surface area contributed by atoms with Crippen molar-refractivity contribution < 1.29 is 14.2 Å². The summed E-state index contributed by atoms with van der Waals surface area (Å²) in [6, 6.07) is 10.7. The Kier molecular flexibility index (Phi) is 6.42. The first-order chi connectivity index (χ1) is 18.3. The molecule has 3 saturated heterocycles. The van der Waals surface area contributed by atoms with Gasteiger partial charge in [-0.05, 0) is 82.9 Å². The first kappa shape index (κ1) is 25.0. The number of morpholine rings is 1. The number of fused-ring (bicyclic) bond motifs is 3. The van der Waals surface area contributed by atoms with Crippen molar-refractivity contribution in [2.75, 3.05) is 43.4 Å². The van der Waals surface area contributed by atoms with Crippen molar-refractivity contribution in [1.29, 1.82) is 5.26 Å². The van der Waals surface area contributed by atoms with Crippen LogP contribution in [0, 0.1) is 23.1 Å². The zero-order valence-corrected chi connectivity index (χ0v) is 21.8. The Morgan fingerprint density at radius 2 is 1.87 bits per heavy atom. The van der Waals surface area contributed by atoms with Crippen molar-refractivity contribution in [3.63, 3.8) is 0 Å². The maximum absolute atomic E-state index is 15.1. The lowest BCUT2D eigenvalue weighted by atomic mass is 9.79. The molecule has 3 aromatic rings. The molecular weight excluding hydrogens is 483 g/mol. The number of aromatic nitrogens is 2. The number of benzene rings is 1. The fourth-order valence-electron chi connectivity index (χ4n) is 6.10. The molecule has 0 aliphatic carbocycles. The van der Waals surface area contributed by atoms with Crippen LogP contribution in [0.2, 0.25) is 0 Å². The topological polar surface area (TPSA) is 97.5 Å². The third kappa shape index (κ3) is 4.68. The average molecular weight is 517 g/mol. The van der Waals surface area contributed by atoms with Gasteiger partial charge in [0.05, 0.1) is 40.4 Å². The van der Waals surface area contributed by atoms with Crippen LogP contribution in [-0.2, 0) is 10.3 Å². The van der Waals surface area contributed by atoms with Crippen molar-refractivity contribution in [3.05, 3.63) is 53.6 Å². The lowest BCUT2D eigenvalue weighted by Gasteiger charge is -2.38. The van der Waals surface area contributed by atoms with Crippen molar-refractivity contribution in [2.45, 2.75) is 50.4 Å². The number of nitrogens with zero attached hydrogens (tertiary/aromatic N) is 5. The number of hydrogen-bond acceptors (Lipinski definition) is 8. The fraction of sp³-hybridized carbons (Fsp3) is 0.483. The lowest BCUT2D eigenvalue weighted by Crippen LogP contribution is -2.43. The normalized spacial score (nSPS) is 23.8. The molecule has 1 aromatic carbocycles. The van der Waals surface area contributed by atoms with E-state index in [1.165, 1.54) is 6.07 Å². The minimum absolute atomic E-state index is 0.129. The van der Waals surface area contributed by atoms with Crippen molar-refractivity contribution >= 4 is 28.1 Å². The fourth-order valence-corrected chi connectivity index (χ4v) is 6.10. The van der Waals surface area contributed by atoms with Crippen LogP contribution < -0.4 is 10.2 Å². The van der Waals surface area contributed by atoms with Gasteiger partial charge in [0.1, 0.15) is 23.3 Å². The molecule has 3 fully saturated rings. The minimum atomic E-state index is -1.04. The molecule has 2 N–H and O–H groups in total. The Hall–Kier alpha value is -3.32. The number of anilines is 3. The summed E-state index contributed by atoms with van der Waals surface area (Å²) in [7, 11) is 2.10. The number of ether oxygens (including phenoxy) is 1. The van der Waals surface area contributed by atoms with Crippen LogP contribution in [0.3, 0.4) is 0 Å². The van der Waals surface area contributed by atoms with E-state index < -0.39 is 11.4 Å². The van der Waals surface area contributed by atoms with Crippen LogP contribution in [0.25, 0.3) is 10.9 Å². The summed E-state index contributed by atoms with van der Waals surface area (Å²) in [5.41, 5.74) is 1.52. The Balaban J connectivity index is 1.28. The second kappa shape index (κ2) is 9.77. The summed E-state index contributed by atoms with van der Waals surface area (Å²) < 4.78 is 21.0. The molecule has 2 bridgehead atoms. The van der Waals surface area contributed by atoms with Gasteiger partial charge in [-0.15, -0.1) is 0 Å². The van der Waals surface area contributed by atoms with Crippen LogP contribution in [0.15, 0.2) is 36.5 Å². The van der Waals surface area contributed by atoms with Crippen molar-refractivity contribution in [3.8, 4) is 6.07 Å². The third-order valence-corrected chi connectivity index (χ3v) is 8.46. The van der Waals surface area contributed by atoms with E-state index in [0.717, 1.165) is 44.2 Å². The summed E-state index contributed by atoms with van der Waals surface area (Å²) >= 11 is 0. The molecule has 0 radical (unpaired) electrons. The zero-order chi connectivity index (χ0) is 26.4. The van der Waals surface area contributed by atoms with Gasteiger partial charge in [-0.25, -0.2) is 14.4 Å². The highest BCUT2D eigenvalue weighted by Crippen LogP contribution is 2.37. The number of piperidine rings is 1. The quantitative estimate of drug-likeness (QED) is 0.518. The van der Waals surface area contributed by atoms with E-state index in [0.29, 0.717) is 41.4 Å². The molecule has 2 unspecified atom stereocenters. The molecule has 0 spiro atoms. The van der Waals surface area contributed by atoms with Gasteiger partial charge in [-0.3, -0.25) is 0 Å². The van der Waals surface area contributed by atoms with Crippen LogP contribution in [-0.4, -0.2) is 65.4 Å². The Labute approximate surface area is 222 Å². The number of rotatable bonds is 5. The van der Waals surface area contributed by atoms with E-state index in [9.17, 15) is 10.4 Å². The summed E-state index contributed by atoms with van der Waals surface area (Å²) in [4.78, 5) is 13.7. The van der Waals surface area contributed by atoms with Gasteiger partial charge in [-0.2, -0.15) is 5.26 Å². The monoisotopic (exact) mass is 516 g/mol. The van der Waals surface area contributed by atoms with Crippen molar-refractivity contribution in [2.24, 2.45) is 5.92 Å².